The molecule has 1 nitrogen and oxygen atoms in total. The normalized spacial score (nSPS) is 21.7. The van der Waals surface area contributed by atoms with Crippen LogP contribution in [0.5, 0.6) is 5.75 Å². The van der Waals surface area contributed by atoms with Gasteiger partial charge in [-0.15, -0.1) is 0 Å². The Morgan fingerprint density at radius 2 is 1.39 bits per heavy atom. The van der Waals surface area contributed by atoms with E-state index in [1.165, 1.54) is 17.5 Å². The topological polar surface area (TPSA) is 9.23 Å². The molecular formula is C16H15BrO. The van der Waals surface area contributed by atoms with E-state index in [4.69, 9.17) is 4.74 Å². The molecule has 0 bridgehead atoms. The number of halogens is 1. The third-order valence-electron chi connectivity index (χ3n) is 3.63. The van der Waals surface area contributed by atoms with Gasteiger partial charge in [0.05, 0.1) is 7.11 Å². The zero-order chi connectivity index (χ0) is 12.5. The second kappa shape index (κ2) is 4.77. The molecular weight excluding hydrogens is 288 g/mol. The molecule has 2 aromatic rings. The van der Waals surface area contributed by atoms with Gasteiger partial charge in [-0.2, -0.15) is 0 Å². The first kappa shape index (κ1) is 11.8. The molecule has 0 spiro atoms. The van der Waals surface area contributed by atoms with Gasteiger partial charge in [-0.05, 0) is 53.6 Å². The molecule has 0 amide bonds. The smallest absolute Gasteiger partial charge is 0.118 e. The Morgan fingerprint density at radius 1 is 0.889 bits per heavy atom. The van der Waals surface area contributed by atoms with Crippen molar-refractivity contribution < 1.29 is 4.74 Å². The number of ether oxygens (including phenoxy) is 1. The number of rotatable bonds is 3. The highest BCUT2D eigenvalue weighted by molar-refractivity contribution is 9.10. The van der Waals surface area contributed by atoms with Crippen molar-refractivity contribution in [3.63, 3.8) is 0 Å². The highest BCUT2D eigenvalue weighted by atomic mass is 79.9. The third-order valence-corrected chi connectivity index (χ3v) is 4.16. The fourth-order valence-electron chi connectivity index (χ4n) is 2.49. The van der Waals surface area contributed by atoms with E-state index >= 15 is 0 Å². The highest BCUT2D eigenvalue weighted by Crippen LogP contribution is 2.54. The van der Waals surface area contributed by atoms with Crippen molar-refractivity contribution >= 4 is 15.9 Å². The van der Waals surface area contributed by atoms with E-state index < -0.39 is 0 Å². The Morgan fingerprint density at radius 3 is 1.89 bits per heavy atom. The van der Waals surface area contributed by atoms with Crippen molar-refractivity contribution in [1.29, 1.82) is 0 Å². The molecule has 18 heavy (non-hydrogen) atoms. The monoisotopic (exact) mass is 302 g/mol. The van der Waals surface area contributed by atoms with E-state index in [2.05, 4.69) is 52.3 Å². The quantitative estimate of drug-likeness (QED) is 0.796. The van der Waals surface area contributed by atoms with E-state index in [1.54, 1.807) is 7.11 Å². The lowest BCUT2D eigenvalue weighted by Gasteiger charge is -2.03. The summed E-state index contributed by atoms with van der Waals surface area (Å²) >= 11 is 3.48. The largest absolute Gasteiger partial charge is 0.497 e. The maximum absolute atomic E-state index is 5.19. The van der Waals surface area contributed by atoms with Crippen LogP contribution in [0.15, 0.2) is 53.0 Å². The summed E-state index contributed by atoms with van der Waals surface area (Å²) in [6.45, 7) is 0. The van der Waals surface area contributed by atoms with Crippen LogP contribution in [0.4, 0.5) is 0 Å². The Hall–Kier alpha value is -1.28. The molecule has 0 heterocycles. The molecule has 1 fully saturated rings. The zero-order valence-corrected chi connectivity index (χ0v) is 11.9. The summed E-state index contributed by atoms with van der Waals surface area (Å²) in [6.07, 6.45) is 1.26. The molecule has 0 aromatic heterocycles. The lowest BCUT2D eigenvalue weighted by atomic mass is 10.0. The average molecular weight is 303 g/mol. The number of benzene rings is 2. The average Bonchev–Trinajstić information content (AvgIpc) is 3.20. The Bertz CT molecular complexity index is 530. The van der Waals surface area contributed by atoms with Gasteiger partial charge in [0.2, 0.25) is 0 Å². The highest BCUT2D eigenvalue weighted by Gasteiger charge is 2.39. The molecule has 3 rings (SSSR count). The van der Waals surface area contributed by atoms with Crippen LogP contribution >= 0.6 is 15.9 Å². The van der Waals surface area contributed by atoms with Crippen LogP contribution in [0.3, 0.4) is 0 Å². The first-order valence-electron chi connectivity index (χ1n) is 6.17. The number of methoxy groups -OCH3 is 1. The molecule has 2 atom stereocenters. The van der Waals surface area contributed by atoms with Crippen LogP contribution in [0, 0.1) is 0 Å². The maximum Gasteiger partial charge on any atom is 0.118 e. The first-order valence-corrected chi connectivity index (χ1v) is 6.96. The summed E-state index contributed by atoms with van der Waals surface area (Å²) in [5.41, 5.74) is 2.86. The van der Waals surface area contributed by atoms with Gasteiger partial charge in [0.15, 0.2) is 0 Å². The molecule has 1 saturated carbocycles. The van der Waals surface area contributed by atoms with E-state index in [1.807, 2.05) is 12.1 Å². The van der Waals surface area contributed by atoms with Crippen LogP contribution < -0.4 is 4.74 Å². The van der Waals surface area contributed by atoms with Crippen molar-refractivity contribution in [2.45, 2.75) is 18.3 Å². The van der Waals surface area contributed by atoms with Gasteiger partial charge in [0.25, 0.3) is 0 Å². The molecule has 2 unspecified atom stereocenters. The SMILES string of the molecule is COc1ccc(C2CC2c2ccc(Br)cc2)cc1. The Kier molecular flexibility index (Phi) is 3.13. The summed E-state index contributed by atoms with van der Waals surface area (Å²) in [5.74, 6) is 2.29. The van der Waals surface area contributed by atoms with Gasteiger partial charge in [0.1, 0.15) is 5.75 Å². The molecule has 0 saturated heterocycles. The zero-order valence-electron chi connectivity index (χ0n) is 10.3. The molecule has 0 radical (unpaired) electrons. The van der Waals surface area contributed by atoms with Crippen LogP contribution in [-0.2, 0) is 0 Å². The molecule has 0 N–H and O–H groups in total. The summed E-state index contributed by atoms with van der Waals surface area (Å²) in [7, 11) is 1.71. The second-order valence-electron chi connectivity index (χ2n) is 4.77. The predicted octanol–water partition coefficient (Wildman–Crippen LogP) is 4.73. The summed E-state index contributed by atoms with van der Waals surface area (Å²) in [6, 6.07) is 17.2. The minimum atomic E-state index is 0.678. The summed E-state index contributed by atoms with van der Waals surface area (Å²) in [5, 5.41) is 0. The maximum atomic E-state index is 5.19. The number of hydrogen-bond acceptors (Lipinski definition) is 1. The lowest BCUT2D eigenvalue weighted by Crippen LogP contribution is -1.86. The Labute approximate surface area is 116 Å². The van der Waals surface area contributed by atoms with E-state index in [0.717, 1.165) is 10.2 Å². The van der Waals surface area contributed by atoms with Crippen LogP contribution in [-0.4, -0.2) is 7.11 Å². The van der Waals surface area contributed by atoms with Gasteiger partial charge >= 0.3 is 0 Å². The number of hydrogen-bond donors (Lipinski definition) is 0. The minimum Gasteiger partial charge on any atom is -0.497 e. The third kappa shape index (κ3) is 2.30. The molecule has 1 aliphatic rings. The van der Waals surface area contributed by atoms with Gasteiger partial charge in [0, 0.05) is 4.47 Å². The van der Waals surface area contributed by atoms with Crippen LogP contribution in [0.25, 0.3) is 0 Å². The van der Waals surface area contributed by atoms with Crippen molar-refractivity contribution in [3.8, 4) is 5.75 Å². The molecule has 1 aliphatic carbocycles. The molecule has 2 heteroatoms. The lowest BCUT2D eigenvalue weighted by molar-refractivity contribution is 0.414. The molecule has 2 aromatic carbocycles. The molecule has 92 valence electrons. The van der Waals surface area contributed by atoms with E-state index in [9.17, 15) is 0 Å². The van der Waals surface area contributed by atoms with Gasteiger partial charge in [-0.1, -0.05) is 40.2 Å². The van der Waals surface area contributed by atoms with Crippen LogP contribution in [0.2, 0.25) is 0 Å². The van der Waals surface area contributed by atoms with Gasteiger partial charge in [-0.3, -0.25) is 0 Å². The first-order chi connectivity index (χ1) is 8.78. The van der Waals surface area contributed by atoms with E-state index in [0.29, 0.717) is 11.8 Å². The van der Waals surface area contributed by atoms with Gasteiger partial charge < -0.3 is 4.74 Å². The fourth-order valence-corrected chi connectivity index (χ4v) is 2.76. The minimum absolute atomic E-state index is 0.678. The Balaban J connectivity index is 1.74. The van der Waals surface area contributed by atoms with Crippen molar-refractivity contribution in [1.82, 2.24) is 0 Å². The van der Waals surface area contributed by atoms with Crippen molar-refractivity contribution in [3.05, 3.63) is 64.1 Å². The van der Waals surface area contributed by atoms with Crippen molar-refractivity contribution in [2.75, 3.05) is 7.11 Å². The fraction of sp³-hybridized carbons (Fsp3) is 0.250. The molecule has 0 aliphatic heterocycles. The van der Waals surface area contributed by atoms with Crippen molar-refractivity contribution in [2.24, 2.45) is 0 Å². The summed E-state index contributed by atoms with van der Waals surface area (Å²) in [4.78, 5) is 0. The standard InChI is InChI=1S/C16H15BrO/c1-18-14-8-4-12(5-9-14)16-10-15(16)11-2-6-13(17)7-3-11/h2-9,15-16H,10H2,1H3. The van der Waals surface area contributed by atoms with E-state index in [-0.39, 0.29) is 0 Å². The second-order valence-corrected chi connectivity index (χ2v) is 5.69. The van der Waals surface area contributed by atoms with Gasteiger partial charge in [-0.25, -0.2) is 0 Å². The van der Waals surface area contributed by atoms with Crippen LogP contribution in [0.1, 0.15) is 29.4 Å². The predicted molar refractivity (Wildman–Crippen MR) is 77.2 cm³/mol. The summed E-state index contributed by atoms with van der Waals surface area (Å²) < 4.78 is 6.33.